The second-order valence-electron chi connectivity index (χ2n) is 2.33. The Morgan fingerprint density at radius 1 is 1.82 bits per heavy atom. The maximum atomic E-state index is 5.48. The predicted octanol–water partition coefficient (Wildman–Crippen LogP) is -0.411. The van der Waals surface area contributed by atoms with Crippen molar-refractivity contribution in [2.75, 3.05) is 26.7 Å². The molecule has 0 aliphatic carbocycles. The van der Waals surface area contributed by atoms with Crippen molar-refractivity contribution in [3.63, 3.8) is 0 Å². The highest BCUT2D eigenvalue weighted by atomic mass is 35.5. The predicted molar refractivity (Wildman–Crippen MR) is 47.1 cm³/mol. The number of halogens is 1. The minimum absolute atomic E-state index is 0. The van der Waals surface area contributed by atoms with E-state index in [-0.39, 0.29) is 12.4 Å². The van der Waals surface area contributed by atoms with Crippen LogP contribution in [0.1, 0.15) is 0 Å². The lowest BCUT2D eigenvalue weighted by atomic mass is 10.1. The fourth-order valence-corrected chi connectivity index (χ4v) is 1.08. The summed E-state index contributed by atoms with van der Waals surface area (Å²) >= 11 is 0. The van der Waals surface area contributed by atoms with E-state index in [0.717, 1.165) is 18.8 Å². The van der Waals surface area contributed by atoms with Gasteiger partial charge in [-0.1, -0.05) is 5.16 Å². The lowest BCUT2D eigenvalue weighted by Gasteiger charge is -2.03. The molecular formula is C6H14ClN3O. The van der Waals surface area contributed by atoms with Crippen LogP contribution in [0.2, 0.25) is 0 Å². The maximum absolute atomic E-state index is 5.48. The molecule has 1 heterocycles. The van der Waals surface area contributed by atoms with Gasteiger partial charge in [0, 0.05) is 25.6 Å². The molecule has 5 heteroatoms. The van der Waals surface area contributed by atoms with E-state index >= 15 is 0 Å². The van der Waals surface area contributed by atoms with E-state index < -0.39 is 0 Å². The smallest absolute Gasteiger partial charge is 0.106 e. The van der Waals surface area contributed by atoms with Gasteiger partial charge >= 0.3 is 0 Å². The monoisotopic (exact) mass is 179 g/mol. The van der Waals surface area contributed by atoms with E-state index in [2.05, 4.69) is 15.3 Å². The minimum Gasteiger partial charge on any atom is -0.399 e. The Morgan fingerprint density at radius 3 is 3.09 bits per heavy atom. The molecule has 0 amide bonds. The van der Waals surface area contributed by atoms with Gasteiger partial charge in [0.2, 0.25) is 0 Å². The summed E-state index contributed by atoms with van der Waals surface area (Å²) in [6.45, 7) is 2.39. The molecule has 11 heavy (non-hydrogen) atoms. The van der Waals surface area contributed by atoms with Crippen LogP contribution in [-0.4, -0.2) is 32.5 Å². The second-order valence-corrected chi connectivity index (χ2v) is 2.33. The number of hydrogen-bond acceptors (Lipinski definition) is 4. The van der Waals surface area contributed by atoms with Gasteiger partial charge < -0.3 is 15.9 Å². The molecule has 0 aromatic carbocycles. The van der Waals surface area contributed by atoms with Crippen LogP contribution >= 0.6 is 12.4 Å². The number of rotatable bonds is 2. The molecule has 1 atom stereocenters. The van der Waals surface area contributed by atoms with Gasteiger partial charge in [0.05, 0.1) is 5.71 Å². The molecule has 4 nitrogen and oxygen atoms in total. The van der Waals surface area contributed by atoms with E-state index in [0.29, 0.717) is 12.5 Å². The van der Waals surface area contributed by atoms with Crippen molar-refractivity contribution in [2.45, 2.75) is 0 Å². The molecule has 1 fully saturated rings. The quantitative estimate of drug-likeness (QED) is 0.567. The third-order valence-corrected chi connectivity index (χ3v) is 1.66. The molecular weight excluding hydrogens is 166 g/mol. The zero-order valence-corrected chi connectivity index (χ0v) is 7.36. The fraction of sp³-hybridized carbons (Fsp3) is 0.833. The van der Waals surface area contributed by atoms with Crippen LogP contribution in [0, 0.1) is 5.92 Å². The molecule has 1 aliphatic rings. The van der Waals surface area contributed by atoms with Crippen molar-refractivity contribution >= 4 is 18.1 Å². The number of nitrogens with one attached hydrogen (secondary N) is 1. The molecule has 0 radical (unpaired) electrons. The van der Waals surface area contributed by atoms with E-state index in [1.165, 1.54) is 0 Å². The Bertz CT molecular complexity index is 140. The van der Waals surface area contributed by atoms with Crippen LogP contribution < -0.4 is 11.1 Å². The zero-order chi connectivity index (χ0) is 7.40. The number of nitrogens with zero attached hydrogens (tertiary/aromatic N) is 1. The lowest BCUT2D eigenvalue weighted by Crippen LogP contribution is -2.22. The SMILES string of the molecule is CO/N=C1/CNCC1CN.Cl. The molecule has 0 aromatic rings. The molecule has 1 unspecified atom stereocenters. The standard InChI is InChI=1S/C6H13N3O.ClH/c1-10-9-6-4-8-3-5(6)2-7;/h5,8H,2-4,7H2,1H3;1H/b9-6-;. The van der Waals surface area contributed by atoms with Crippen LogP contribution in [0.4, 0.5) is 0 Å². The van der Waals surface area contributed by atoms with Crippen molar-refractivity contribution in [2.24, 2.45) is 16.8 Å². The lowest BCUT2D eigenvalue weighted by molar-refractivity contribution is 0.211. The van der Waals surface area contributed by atoms with Crippen LogP contribution in [0.25, 0.3) is 0 Å². The van der Waals surface area contributed by atoms with Crippen molar-refractivity contribution < 1.29 is 4.84 Å². The third-order valence-electron chi connectivity index (χ3n) is 1.66. The number of nitrogens with two attached hydrogens (primary N) is 1. The van der Waals surface area contributed by atoms with Gasteiger partial charge in [-0.2, -0.15) is 0 Å². The topological polar surface area (TPSA) is 59.6 Å². The molecule has 3 N–H and O–H groups in total. The summed E-state index contributed by atoms with van der Waals surface area (Å²) < 4.78 is 0. The summed E-state index contributed by atoms with van der Waals surface area (Å²) in [4.78, 5) is 4.65. The Kier molecular flexibility index (Phi) is 5.19. The summed E-state index contributed by atoms with van der Waals surface area (Å²) in [7, 11) is 1.55. The fourth-order valence-electron chi connectivity index (χ4n) is 1.08. The van der Waals surface area contributed by atoms with E-state index in [1.54, 1.807) is 7.11 Å². The first-order valence-corrected chi connectivity index (χ1v) is 3.39. The number of oxime groups is 1. The molecule has 66 valence electrons. The maximum Gasteiger partial charge on any atom is 0.106 e. The van der Waals surface area contributed by atoms with Gasteiger partial charge in [-0.15, -0.1) is 12.4 Å². The molecule has 0 spiro atoms. The van der Waals surface area contributed by atoms with Crippen LogP contribution in [0.3, 0.4) is 0 Å². The first-order chi connectivity index (χ1) is 4.88. The first-order valence-electron chi connectivity index (χ1n) is 3.39. The Hall–Kier alpha value is -0.320. The minimum atomic E-state index is 0. The Balaban J connectivity index is 0.000001000. The van der Waals surface area contributed by atoms with E-state index in [9.17, 15) is 0 Å². The Labute approximate surface area is 72.6 Å². The molecule has 1 saturated heterocycles. The van der Waals surface area contributed by atoms with Crippen molar-refractivity contribution in [1.82, 2.24) is 5.32 Å². The van der Waals surface area contributed by atoms with Gasteiger partial charge in [0.1, 0.15) is 7.11 Å². The van der Waals surface area contributed by atoms with Crippen LogP contribution in [0.5, 0.6) is 0 Å². The average Bonchev–Trinajstić information content (AvgIpc) is 2.36. The molecule has 1 rings (SSSR count). The van der Waals surface area contributed by atoms with Gasteiger partial charge in [-0.05, 0) is 0 Å². The second kappa shape index (κ2) is 5.35. The van der Waals surface area contributed by atoms with Crippen molar-refractivity contribution in [3.8, 4) is 0 Å². The van der Waals surface area contributed by atoms with E-state index in [4.69, 9.17) is 5.73 Å². The zero-order valence-electron chi connectivity index (χ0n) is 6.54. The number of hydrogen-bond donors (Lipinski definition) is 2. The highest BCUT2D eigenvalue weighted by Gasteiger charge is 2.20. The van der Waals surface area contributed by atoms with Gasteiger partial charge in [0.15, 0.2) is 0 Å². The summed E-state index contributed by atoms with van der Waals surface area (Å²) in [5, 5.41) is 7.02. The molecule has 1 aliphatic heterocycles. The highest BCUT2D eigenvalue weighted by Crippen LogP contribution is 2.02. The van der Waals surface area contributed by atoms with Gasteiger partial charge in [-0.25, -0.2) is 0 Å². The summed E-state index contributed by atoms with van der Waals surface area (Å²) in [5.41, 5.74) is 6.51. The van der Waals surface area contributed by atoms with Gasteiger partial charge in [0.25, 0.3) is 0 Å². The van der Waals surface area contributed by atoms with Crippen LogP contribution in [-0.2, 0) is 4.84 Å². The first kappa shape index (κ1) is 10.7. The van der Waals surface area contributed by atoms with Crippen molar-refractivity contribution in [1.29, 1.82) is 0 Å². The highest BCUT2D eigenvalue weighted by molar-refractivity contribution is 5.90. The summed E-state index contributed by atoms with van der Waals surface area (Å²) in [5.74, 6) is 0.375. The molecule has 0 bridgehead atoms. The van der Waals surface area contributed by atoms with Crippen molar-refractivity contribution in [3.05, 3.63) is 0 Å². The summed E-state index contributed by atoms with van der Waals surface area (Å²) in [6, 6.07) is 0. The van der Waals surface area contributed by atoms with Crippen LogP contribution in [0.15, 0.2) is 5.16 Å². The molecule has 0 saturated carbocycles. The Morgan fingerprint density at radius 2 is 2.55 bits per heavy atom. The van der Waals surface area contributed by atoms with Gasteiger partial charge in [-0.3, -0.25) is 0 Å². The largest absolute Gasteiger partial charge is 0.399 e. The average molecular weight is 180 g/mol. The third kappa shape index (κ3) is 2.65. The molecule has 0 aromatic heterocycles. The summed E-state index contributed by atoms with van der Waals surface area (Å²) in [6.07, 6.45) is 0. The van der Waals surface area contributed by atoms with E-state index in [1.807, 2.05) is 0 Å². The normalized spacial score (nSPS) is 26.7.